The van der Waals surface area contributed by atoms with Gasteiger partial charge in [0.25, 0.3) is 6.47 Å². The molecule has 0 unspecified atom stereocenters. The SMILES string of the molecule is [C-]#[N+]c1cc(CN2CC[C@H](OC=O)C2)cc2nc(-c3cccc(-c4cccc(/C=C/c5cc(OC)c(CN6CC[C@H](O)C6)cc5C(F)(F)F)c4C)c3C)oc12. The number of nitrogens with zero attached hydrogens (tertiary/aromatic N) is 4. The first kappa shape index (κ1) is 37.8. The first-order chi connectivity index (χ1) is 26.4. The van der Waals surface area contributed by atoms with Crippen molar-refractivity contribution in [3.63, 3.8) is 0 Å². The van der Waals surface area contributed by atoms with Crippen LogP contribution in [0.2, 0.25) is 0 Å². The van der Waals surface area contributed by atoms with Gasteiger partial charge >= 0.3 is 6.18 Å². The van der Waals surface area contributed by atoms with Gasteiger partial charge in [-0.15, -0.1) is 0 Å². The molecule has 2 aliphatic rings. The molecule has 1 N–H and O–H groups in total. The average molecular weight is 751 g/mol. The van der Waals surface area contributed by atoms with Crippen molar-refractivity contribution in [3.05, 3.63) is 111 Å². The lowest BCUT2D eigenvalue weighted by molar-refractivity contribution is -0.138. The number of aliphatic hydroxyl groups is 1. The van der Waals surface area contributed by atoms with E-state index in [9.17, 15) is 23.1 Å². The third-order valence-corrected chi connectivity index (χ3v) is 10.6. The number of β-amino-alcohol motifs (C(OH)–C–C–N with tert-alkyl or cyclic N) is 1. The zero-order valence-corrected chi connectivity index (χ0v) is 30.8. The monoisotopic (exact) mass is 750 g/mol. The van der Waals surface area contributed by atoms with Crippen LogP contribution in [-0.4, -0.2) is 71.9 Å². The van der Waals surface area contributed by atoms with Gasteiger partial charge in [-0.25, -0.2) is 9.83 Å². The van der Waals surface area contributed by atoms with E-state index >= 15 is 0 Å². The Morgan fingerprint density at radius 3 is 2.36 bits per heavy atom. The van der Waals surface area contributed by atoms with Gasteiger partial charge in [0.05, 0.1) is 30.9 Å². The van der Waals surface area contributed by atoms with Crippen molar-refractivity contribution in [2.24, 2.45) is 0 Å². The van der Waals surface area contributed by atoms with Gasteiger partial charge in [-0.05, 0) is 96.0 Å². The van der Waals surface area contributed by atoms with E-state index in [0.717, 1.165) is 58.0 Å². The van der Waals surface area contributed by atoms with E-state index < -0.39 is 17.8 Å². The molecule has 55 heavy (non-hydrogen) atoms. The number of hydrogen-bond acceptors (Lipinski definition) is 8. The molecule has 5 aromatic rings. The number of carbonyl (C=O) groups excluding carboxylic acids is 1. The van der Waals surface area contributed by atoms with Crippen molar-refractivity contribution in [1.82, 2.24) is 14.8 Å². The van der Waals surface area contributed by atoms with Crippen LogP contribution in [0.1, 0.15) is 51.8 Å². The van der Waals surface area contributed by atoms with Gasteiger partial charge < -0.3 is 19.0 Å². The molecule has 0 radical (unpaired) electrons. The first-order valence-electron chi connectivity index (χ1n) is 18.1. The number of halogens is 3. The van der Waals surface area contributed by atoms with Crippen molar-refractivity contribution in [1.29, 1.82) is 0 Å². The van der Waals surface area contributed by atoms with Crippen LogP contribution in [0.15, 0.2) is 65.1 Å². The van der Waals surface area contributed by atoms with E-state index in [4.69, 9.17) is 25.4 Å². The third-order valence-electron chi connectivity index (χ3n) is 10.6. The molecule has 0 spiro atoms. The highest BCUT2D eigenvalue weighted by molar-refractivity contribution is 5.90. The fraction of sp³-hybridized carbons (Fsp3) is 0.326. The molecule has 2 atom stereocenters. The van der Waals surface area contributed by atoms with Gasteiger partial charge in [0, 0.05) is 50.4 Å². The molecule has 12 heteroatoms. The lowest BCUT2D eigenvalue weighted by atomic mass is 9.91. The van der Waals surface area contributed by atoms with E-state index in [0.29, 0.717) is 73.1 Å². The molecule has 0 bridgehead atoms. The van der Waals surface area contributed by atoms with Crippen molar-refractivity contribution in [3.8, 4) is 28.3 Å². The number of ether oxygens (including phenoxy) is 2. The maximum Gasteiger partial charge on any atom is 0.417 e. The number of aromatic nitrogens is 1. The summed E-state index contributed by atoms with van der Waals surface area (Å²) in [5.41, 5.74) is 7.01. The number of benzene rings is 4. The zero-order chi connectivity index (χ0) is 38.9. The molecule has 2 saturated heterocycles. The van der Waals surface area contributed by atoms with Gasteiger partial charge in [0.15, 0.2) is 5.58 Å². The summed E-state index contributed by atoms with van der Waals surface area (Å²) < 4.78 is 60.2. The Morgan fingerprint density at radius 1 is 0.945 bits per heavy atom. The van der Waals surface area contributed by atoms with Gasteiger partial charge in [-0.1, -0.05) is 42.5 Å². The number of fused-ring (bicyclic) bond motifs is 1. The molecule has 0 amide bonds. The highest BCUT2D eigenvalue weighted by atomic mass is 19.4. The van der Waals surface area contributed by atoms with E-state index in [2.05, 4.69) is 9.74 Å². The fourth-order valence-electron chi connectivity index (χ4n) is 7.75. The second-order valence-electron chi connectivity index (χ2n) is 14.2. The quantitative estimate of drug-likeness (QED) is 0.0814. The summed E-state index contributed by atoms with van der Waals surface area (Å²) in [6.45, 7) is 15.5. The normalized spacial score (nSPS) is 18.0. The van der Waals surface area contributed by atoms with E-state index in [1.165, 1.54) is 19.3 Å². The Balaban J connectivity index is 1.18. The predicted octanol–water partition coefficient (Wildman–Crippen LogP) is 8.84. The van der Waals surface area contributed by atoms with Crippen LogP contribution >= 0.6 is 0 Å². The second kappa shape index (κ2) is 15.7. The Bertz CT molecular complexity index is 2310. The summed E-state index contributed by atoms with van der Waals surface area (Å²) in [6, 6.07) is 17.9. The summed E-state index contributed by atoms with van der Waals surface area (Å²) in [5.74, 6) is 0.737. The molecule has 0 aliphatic carbocycles. The summed E-state index contributed by atoms with van der Waals surface area (Å²) >= 11 is 0. The maximum atomic E-state index is 14.4. The molecule has 2 fully saturated rings. The van der Waals surface area contributed by atoms with Crippen molar-refractivity contribution >= 4 is 35.4 Å². The van der Waals surface area contributed by atoms with Gasteiger partial charge in [0.2, 0.25) is 11.6 Å². The third kappa shape index (κ3) is 8.01. The summed E-state index contributed by atoms with van der Waals surface area (Å²) in [7, 11) is 1.45. The molecule has 4 aromatic carbocycles. The summed E-state index contributed by atoms with van der Waals surface area (Å²) in [6.07, 6.45) is -0.696. The molecule has 2 aliphatic heterocycles. The van der Waals surface area contributed by atoms with Crippen molar-refractivity contribution in [2.75, 3.05) is 33.3 Å². The van der Waals surface area contributed by atoms with Gasteiger partial charge in [-0.2, -0.15) is 13.2 Å². The lowest BCUT2D eigenvalue weighted by Gasteiger charge is -2.20. The number of methoxy groups -OCH3 is 1. The zero-order valence-electron chi connectivity index (χ0n) is 30.8. The average Bonchev–Trinajstić information content (AvgIpc) is 3.91. The Hall–Kier alpha value is -5.48. The molecule has 1 aromatic heterocycles. The van der Waals surface area contributed by atoms with E-state index in [1.807, 2.05) is 67.3 Å². The largest absolute Gasteiger partial charge is 0.496 e. The van der Waals surface area contributed by atoms with Crippen LogP contribution in [-0.2, 0) is 28.8 Å². The smallest absolute Gasteiger partial charge is 0.417 e. The number of oxazole rings is 1. The van der Waals surface area contributed by atoms with Crippen LogP contribution in [0, 0.1) is 20.4 Å². The standard InChI is InChI=1S/C43H41F3N4O5/c1-26-29(11-12-30-20-40(53-4)31(19-37(30)43(44,45)46)22-50-15-13-32(52)23-50)7-5-8-34(26)35-9-6-10-36(27(35)2)42-48-39-18-28(17-38(47-3)41(39)55-42)21-49-16-14-33(24-49)54-25-51/h5-12,17-20,25,32-33,52H,13-16,21-24H2,1-2,4H3/b12-11+/t32-,33-/m0/s1. The number of aliphatic hydroxyl groups excluding tert-OH is 1. The van der Waals surface area contributed by atoms with E-state index in [1.54, 1.807) is 6.08 Å². The molecule has 7 rings (SSSR count). The van der Waals surface area contributed by atoms with E-state index in [-0.39, 0.29) is 18.2 Å². The minimum absolute atomic E-state index is 0.00743. The lowest BCUT2D eigenvalue weighted by Crippen LogP contribution is -2.22. The van der Waals surface area contributed by atoms with Crippen LogP contribution in [0.4, 0.5) is 18.9 Å². The highest BCUT2D eigenvalue weighted by Gasteiger charge is 2.34. The Labute approximate surface area is 317 Å². The van der Waals surface area contributed by atoms with Crippen LogP contribution in [0.5, 0.6) is 5.75 Å². The first-order valence-corrected chi connectivity index (χ1v) is 18.1. The minimum atomic E-state index is -4.59. The van der Waals surface area contributed by atoms with Crippen LogP contribution in [0.3, 0.4) is 0 Å². The summed E-state index contributed by atoms with van der Waals surface area (Å²) in [5, 5.41) is 9.92. The minimum Gasteiger partial charge on any atom is -0.496 e. The molecule has 9 nitrogen and oxygen atoms in total. The molecular formula is C43H41F3N4O5. The highest BCUT2D eigenvalue weighted by Crippen LogP contribution is 2.40. The van der Waals surface area contributed by atoms with Crippen molar-refractivity contribution < 1.29 is 37.0 Å². The predicted molar refractivity (Wildman–Crippen MR) is 204 cm³/mol. The Kier molecular flexibility index (Phi) is 10.8. The number of hydrogen-bond donors (Lipinski definition) is 1. The van der Waals surface area contributed by atoms with Crippen molar-refractivity contribution in [2.45, 2.75) is 58.2 Å². The second-order valence-corrected chi connectivity index (χ2v) is 14.2. The maximum absolute atomic E-state index is 14.4. The number of rotatable bonds is 11. The summed E-state index contributed by atoms with van der Waals surface area (Å²) in [4.78, 5) is 23.4. The Morgan fingerprint density at radius 2 is 1.65 bits per heavy atom. The van der Waals surface area contributed by atoms with Gasteiger partial charge in [0.1, 0.15) is 11.9 Å². The molecule has 0 saturated carbocycles. The van der Waals surface area contributed by atoms with Gasteiger partial charge in [-0.3, -0.25) is 14.6 Å². The number of likely N-dealkylation sites (tertiary alicyclic amines) is 2. The number of alkyl halides is 3. The topological polar surface area (TPSA) is 92.6 Å². The fourth-order valence-corrected chi connectivity index (χ4v) is 7.75. The number of carbonyl (C=O) groups is 1. The molecular weight excluding hydrogens is 709 g/mol. The molecule has 3 heterocycles. The van der Waals surface area contributed by atoms with Crippen LogP contribution < -0.4 is 4.74 Å². The van der Waals surface area contributed by atoms with Crippen LogP contribution in [0.25, 0.3) is 50.7 Å². The molecule has 284 valence electrons.